The number of para-hydroxylation sites is 2. The van der Waals surface area contributed by atoms with Gasteiger partial charge in [0.15, 0.2) is 0 Å². The molecule has 1 unspecified atom stereocenters. The smallest absolute Gasteiger partial charge is 0.116 e. The Labute approximate surface area is 117 Å². The van der Waals surface area contributed by atoms with Gasteiger partial charge in [0.05, 0.1) is 20.7 Å². The zero-order valence-corrected chi connectivity index (χ0v) is 12.0. The molecule has 0 aliphatic carbocycles. The molecule has 0 bridgehead atoms. The highest BCUT2D eigenvalue weighted by Crippen LogP contribution is 2.31. The predicted octanol–water partition coefficient (Wildman–Crippen LogP) is 3.48. The van der Waals surface area contributed by atoms with E-state index in [1.165, 1.54) is 4.88 Å². The van der Waals surface area contributed by atoms with Gasteiger partial charge in [0.25, 0.3) is 0 Å². The molecule has 2 heterocycles. The lowest BCUT2D eigenvalue weighted by Crippen LogP contribution is -2.14. The SMILES string of the molecule is NCC(c1nc2ccccc2[nH]1)c1ccc(Br)s1. The summed E-state index contributed by atoms with van der Waals surface area (Å²) in [7, 11) is 0. The molecular weight excluding hydrogens is 310 g/mol. The molecule has 0 aliphatic heterocycles. The van der Waals surface area contributed by atoms with Gasteiger partial charge in [-0.1, -0.05) is 12.1 Å². The minimum atomic E-state index is 0.133. The van der Waals surface area contributed by atoms with Crippen LogP contribution in [0.25, 0.3) is 11.0 Å². The lowest BCUT2D eigenvalue weighted by atomic mass is 10.1. The number of H-pyrrole nitrogens is 1. The van der Waals surface area contributed by atoms with Crippen LogP contribution in [0.2, 0.25) is 0 Å². The number of hydrogen-bond acceptors (Lipinski definition) is 3. The van der Waals surface area contributed by atoms with Gasteiger partial charge in [-0.15, -0.1) is 11.3 Å². The minimum Gasteiger partial charge on any atom is -0.341 e. The number of aromatic nitrogens is 2. The van der Waals surface area contributed by atoms with Gasteiger partial charge in [-0.2, -0.15) is 0 Å². The van der Waals surface area contributed by atoms with Gasteiger partial charge in [0.1, 0.15) is 5.82 Å². The topological polar surface area (TPSA) is 54.7 Å². The van der Waals surface area contributed by atoms with E-state index in [4.69, 9.17) is 5.73 Å². The third kappa shape index (κ3) is 2.09. The largest absolute Gasteiger partial charge is 0.341 e. The molecule has 0 fully saturated rings. The maximum Gasteiger partial charge on any atom is 0.116 e. The molecule has 3 aromatic rings. The molecule has 5 heteroatoms. The molecule has 3 rings (SSSR count). The number of thiophene rings is 1. The second-order valence-electron chi connectivity index (χ2n) is 4.07. The molecule has 0 spiro atoms. The summed E-state index contributed by atoms with van der Waals surface area (Å²) in [5.74, 6) is 1.07. The third-order valence-corrected chi connectivity index (χ3v) is 4.65. The van der Waals surface area contributed by atoms with Gasteiger partial charge in [-0.3, -0.25) is 0 Å². The maximum atomic E-state index is 5.90. The number of nitrogens with one attached hydrogen (secondary N) is 1. The molecule has 1 aromatic carbocycles. The van der Waals surface area contributed by atoms with E-state index in [0.29, 0.717) is 6.54 Å². The second-order valence-corrected chi connectivity index (χ2v) is 6.56. The normalized spacial score (nSPS) is 13.0. The van der Waals surface area contributed by atoms with Gasteiger partial charge in [0.2, 0.25) is 0 Å². The zero-order valence-electron chi connectivity index (χ0n) is 9.56. The standard InChI is InChI=1S/C13H12BrN3S/c14-12-6-5-11(18-12)8(7-15)13-16-9-3-1-2-4-10(9)17-13/h1-6,8H,7,15H2,(H,16,17). The number of halogens is 1. The molecule has 0 saturated heterocycles. The number of aromatic amines is 1. The molecule has 0 radical (unpaired) electrons. The van der Waals surface area contributed by atoms with Crippen molar-refractivity contribution >= 4 is 38.3 Å². The van der Waals surface area contributed by atoms with Crippen molar-refractivity contribution in [2.75, 3.05) is 6.54 Å². The highest BCUT2D eigenvalue weighted by molar-refractivity contribution is 9.11. The Morgan fingerprint density at radius 3 is 2.78 bits per heavy atom. The van der Waals surface area contributed by atoms with E-state index < -0.39 is 0 Å². The summed E-state index contributed by atoms with van der Waals surface area (Å²) in [6, 6.07) is 12.2. The predicted molar refractivity (Wildman–Crippen MR) is 79.0 cm³/mol. The number of nitrogens with zero attached hydrogens (tertiary/aromatic N) is 1. The van der Waals surface area contributed by atoms with Crippen LogP contribution in [0, 0.1) is 0 Å². The van der Waals surface area contributed by atoms with Crippen LogP contribution in [-0.2, 0) is 0 Å². The summed E-state index contributed by atoms with van der Waals surface area (Å²) in [6.07, 6.45) is 0. The number of hydrogen-bond donors (Lipinski definition) is 2. The minimum absolute atomic E-state index is 0.133. The Kier molecular flexibility index (Phi) is 3.20. The van der Waals surface area contributed by atoms with E-state index in [9.17, 15) is 0 Å². The first-order chi connectivity index (χ1) is 8.78. The molecule has 18 heavy (non-hydrogen) atoms. The fourth-order valence-electron chi connectivity index (χ4n) is 2.02. The summed E-state index contributed by atoms with van der Waals surface area (Å²) < 4.78 is 1.12. The highest BCUT2D eigenvalue weighted by Gasteiger charge is 2.18. The number of imidazole rings is 1. The fraction of sp³-hybridized carbons (Fsp3) is 0.154. The van der Waals surface area contributed by atoms with Crippen molar-refractivity contribution in [2.24, 2.45) is 5.73 Å². The van der Waals surface area contributed by atoms with Gasteiger partial charge in [-0.25, -0.2) is 4.98 Å². The third-order valence-electron chi connectivity index (χ3n) is 2.91. The highest BCUT2D eigenvalue weighted by atomic mass is 79.9. The van der Waals surface area contributed by atoms with Crippen molar-refractivity contribution in [3.8, 4) is 0 Å². The molecule has 1 atom stereocenters. The van der Waals surface area contributed by atoms with Crippen molar-refractivity contribution in [3.63, 3.8) is 0 Å². The summed E-state index contributed by atoms with van der Waals surface area (Å²) in [4.78, 5) is 9.21. The van der Waals surface area contributed by atoms with Gasteiger partial charge in [0, 0.05) is 11.4 Å². The quantitative estimate of drug-likeness (QED) is 0.776. The second kappa shape index (κ2) is 4.84. The van der Waals surface area contributed by atoms with Crippen molar-refractivity contribution in [1.82, 2.24) is 9.97 Å². The molecule has 3 nitrogen and oxygen atoms in total. The first kappa shape index (κ1) is 11.9. The van der Waals surface area contributed by atoms with Crippen molar-refractivity contribution < 1.29 is 0 Å². The van der Waals surface area contributed by atoms with Crippen LogP contribution >= 0.6 is 27.3 Å². The van der Waals surface area contributed by atoms with E-state index in [2.05, 4.69) is 32.0 Å². The number of nitrogens with two attached hydrogens (primary N) is 1. The fourth-order valence-corrected chi connectivity index (χ4v) is 3.56. The Bertz CT molecular complexity index is 640. The Morgan fingerprint density at radius 2 is 2.11 bits per heavy atom. The van der Waals surface area contributed by atoms with Crippen LogP contribution in [0.3, 0.4) is 0 Å². The number of benzene rings is 1. The summed E-state index contributed by atoms with van der Waals surface area (Å²) in [6.45, 7) is 0.548. The monoisotopic (exact) mass is 321 g/mol. The average Bonchev–Trinajstić information content (AvgIpc) is 2.96. The van der Waals surface area contributed by atoms with Crippen LogP contribution in [0.4, 0.5) is 0 Å². The van der Waals surface area contributed by atoms with Crippen LogP contribution in [0.15, 0.2) is 40.2 Å². The van der Waals surface area contributed by atoms with Gasteiger partial charge in [-0.05, 0) is 40.2 Å². The summed E-state index contributed by atoms with van der Waals surface area (Å²) in [5.41, 5.74) is 7.94. The lowest BCUT2D eigenvalue weighted by molar-refractivity contribution is 0.782. The van der Waals surface area contributed by atoms with E-state index in [0.717, 1.165) is 20.6 Å². The van der Waals surface area contributed by atoms with E-state index in [1.54, 1.807) is 11.3 Å². The van der Waals surface area contributed by atoms with Crippen LogP contribution in [0.5, 0.6) is 0 Å². The number of rotatable bonds is 3. The van der Waals surface area contributed by atoms with Crippen molar-refractivity contribution in [1.29, 1.82) is 0 Å². The Hall–Kier alpha value is -1.17. The molecule has 92 valence electrons. The van der Waals surface area contributed by atoms with Crippen molar-refractivity contribution in [3.05, 3.63) is 50.9 Å². The molecule has 0 saturated carbocycles. The molecule has 0 aliphatic rings. The van der Waals surface area contributed by atoms with E-state index >= 15 is 0 Å². The molecule has 0 amide bonds. The molecular formula is C13H12BrN3S. The van der Waals surface area contributed by atoms with Gasteiger partial charge < -0.3 is 10.7 Å². The van der Waals surface area contributed by atoms with E-state index in [1.807, 2.05) is 30.3 Å². The van der Waals surface area contributed by atoms with Crippen molar-refractivity contribution in [2.45, 2.75) is 5.92 Å². The maximum absolute atomic E-state index is 5.90. The lowest BCUT2D eigenvalue weighted by Gasteiger charge is -2.09. The Balaban J connectivity index is 2.05. The summed E-state index contributed by atoms with van der Waals surface area (Å²) >= 11 is 5.19. The zero-order chi connectivity index (χ0) is 12.5. The average molecular weight is 322 g/mol. The van der Waals surface area contributed by atoms with Crippen LogP contribution < -0.4 is 5.73 Å². The van der Waals surface area contributed by atoms with E-state index in [-0.39, 0.29) is 5.92 Å². The van der Waals surface area contributed by atoms with Crippen LogP contribution in [0.1, 0.15) is 16.6 Å². The Morgan fingerprint density at radius 1 is 1.28 bits per heavy atom. The first-order valence-electron chi connectivity index (χ1n) is 5.68. The molecule has 2 aromatic heterocycles. The van der Waals surface area contributed by atoms with Crippen LogP contribution in [-0.4, -0.2) is 16.5 Å². The first-order valence-corrected chi connectivity index (χ1v) is 7.29. The number of fused-ring (bicyclic) bond motifs is 1. The van der Waals surface area contributed by atoms with Gasteiger partial charge >= 0.3 is 0 Å². The molecule has 3 N–H and O–H groups in total. The summed E-state index contributed by atoms with van der Waals surface area (Å²) in [5, 5.41) is 0.